The largest absolute Gasteiger partial charge is 0.417 e. The number of fused-ring (bicyclic) bond motifs is 3. The Hall–Kier alpha value is -3.83. The Morgan fingerprint density at radius 1 is 1.08 bits per heavy atom. The van der Waals surface area contributed by atoms with Crippen LogP contribution in [0, 0.1) is 11.3 Å². The molecule has 0 saturated heterocycles. The molecule has 0 fully saturated rings. The first kappa shape index (κ1) is 28.2. The Labute approximate surface area is 218 Å². The minimum absolute atomic E-state index is 0.0310. The lowest BCUT2D eigenvalue weighted by atomic mass is 10.00. The van der Waals surface area contributed by atoms with Gasteiger partial charge in [-0.2, -0.15) is 36.7 Å². The van der Waals surface area contributed by atoms with Crippen LogP contribution in [-0.4, -0.2) is 39.5 Å². The fourth-order valence-electron chi connectivity index (χ4n) is 4.48. The van der Waals surface area contributed by atoms with Gasteiger partial charge in [0.05, 0.1) is 33.7 Å². The average molecular weight is 554 g/mol. The van der Waals surface area contributed by atoms with Gasteiger partial charge in [-0.1, -0.05) is 12.5 Å². The predicted molar refractivity (Wildman–Crippen MR) is 130 cm³/mol. The van der Waals surface area contributed by atoms with Crippen LogP contribution in [0.4, 0.5) is 37.8 Å². The van der Waals surface area contributed by atoms with Crippen LogP contribution in [0.3, 0.4) is 0 Å². The molecule has 14 heteroatoms. The minimum Gasteiger partial charge on any atom is -0.377 e. The number of hydrogen-bond acceptors (Lipinski definition) is 6. The van der Waals surface area contributed by atoms with E-state index in [9.17, 15) is 36.2 Å². The van der Waals surface area contributed by atoms with Crippen LogP contribution in [0.1, 0.15) is 49.0 Å². The van der Waals surface area contributed by atoms with E-state index < -0.39 is 46.7 Å². The SMILES string of the molecule is C[C@@](O)(C(=O)Nc1ccc(C#N)c(C(F)(F)F)c1)C1NCCCCCNc2c3c(C(F)(F)F)cccc3nn21. The van der Waals surface area contributed by atoms with Crippen molar-refractivity contribution in [1.82, 2.24) is 15.1 Å². The van der Waals surface area contributed by atoms with Crippen LogP contribution >= 0.6 is 0 Å². The number of amides is 1. The fraction of sp³-hybridized carbons (Fsp3) is 0.400. The second kappa shape index (κ2) is 10.4. The van der Waals surface area contributed by atoms with Crippen LogP contribution in [0.2, 0.25) is 0 Å². The van der Waals surface area contributed by atoms with Gasteiger partial charge < -0.3 is 15.7 Å². The number of nitrogens with one attached hydrogen (secondary N) is 3. The van der Waals surface area contributed by atoms with Crippen molar-refractivity contribution in [2.24, 2.45) is 0 Å². The molecule has 0 aliphatic carbocycles. The van der Waals surface area contributed by atoms with Crippen molar-refractivity contribution in [3.05, 3.63) is 53.1 Å². The minimum atomic E-state index is -4.88. The van der Waals surface area contributed by atoms with E-state index in [2.05, 4.69) is 21.0 Å². The Bertz CT molecular complexity index is 1420. The van der Waals surface area contributed by atoms with E-state index in [0.29, 0.717) is 31.9 Å². The summed E-state index contributed by atoms with van der Waals surface area (Å²) in [5.74, 6) is -1.21. The van der Waals surface area contributed by atoms with Crippen molar-refractivity contribution in [3.63, 3.8) is 0 Å². The number of carbonyl (C=O) groups is 1. The van der Waals surface area contributed by atoms with E-state index in [4.69, 9.17) is 5.26 Å². The third-order valence-electron chi connectivity index (χ3n) is 6.45. The fourth-order valence-corrected chi connectivity index (χ4v) is 4.48. The second-order valence-electron chi connectivity index (χ2n) is 9.31. The number of halogens is 6. The van der Waals surface area contributed by atoms with E-state index in [1.165, 1.54) is 18.2 Å². The summed E-state index contributed by atoms with van der Waals surface area (Å²) < 4.78 is 82.9. The number of hydrogen-bond donors (Lipinski definition) is 4. The van der Waals surface area contributed by atoms with Gasteiger partial charge >= 0.3 is 12.4 Å². The summed E-state index contributed by atoms with van der Waals surface area (Å²) in [4.78, 5) is 13.3. The first-order valence-corrected chi connectivity index (χ1v) is 12.0. The standard InChI is InChI=1S/C25H24F6N6O2/c1-23(39,22(38)35-15-9-8-14(13-32)17(12-15)25(29,30)31)21-34-11-4-2-3-10-33-20-19-16(24(26,27)28)6-5-7-18(19)36-37(20)21/h5-9,12,21,33-34,39H,2-4,10-11H2,1H3,(H,35,38)/t21?,23-/m0/s1. The lowest BCUT2D eigenvalue weighted by Crippen LogP contribution is -2.53. The molecule has 1 aromatic heterocycles. The molecule has 2 heterocycles. The van der Waals surface area contributed by atoms with Crippen molar-refractivity contribution in [3.8, 4) is 6.07 Å². The molecular weight excluding hydrogens is 530 g/mol. The van der Waals surface area contributed by atoms with Crippen molar-refractivity contribution in [1.29, 1.82) is 5.26 Å². The molecular formula is C25H24F6N6O2. The number of alkyl halides is 6. The molecule has 0 saturated carbocycles. The highest BCUT2D eigenvalue weighted by atomic mass is 19.4. The Morgan fingerprint density at radius 3 is 2.44 bits per heavy atom. The van der Waals surface area contributed by atoms with E-state index in [1.807, 2.05) is 0 Å². The first-order chi connectivity index (χ1) is 18.2. The van der Waals surface area contributed by atoms with Gasteiger partial charge in [-0.25, -0.2) is 4.68 Å². The number of aromatic nitrogens is 2. The van der Waals surface area contributed by atoms with Crippen LogP contribution in [0.15, 0.2) is 36.4 Å². The highest BCUT2D eigenvalue weighted by Crippen LogP contribution is 2.40. The van der Waals surface area contributed by atoms with Gasteiger partial charge in [0.2, 0.25) is 0 Å². The molecule has 4 N–H and O–H groups in total. The monoisotopic (exact) mass is 554 g/mol. The van der Waals surface area contributed by atoms with Crippen LogP contribution in [0.5, 0.6) is 0 Å². The van der Waals surface area contributed by atoms with Crippen molar-refractivity contribution >= 4 is 28.3 Å². The summed E-state index contributed by atoms with van der Waals surface area (Å²) in [5.41, 5.74) is -5.66. The third-order valence-corrected chi connectivity index (χ3v) is 6.45. The maximum atomic E-state index is 13.9. The molecule has 208 valence electrons. The number of anilines is 2. The average Bonchev–Trinajstić information content (AvgIpc) is 3.22. The molecule has 2 atom stereocenters. The van der Waals surface area contributed by atoms with E-state index in [0.717, 1.165) is 29.8 Å². The maximum Gasteiger partial charge on any atom is 0.417 e. The summed E-state index contributed by atoms with van der Waals surface area (Å²) in [7, 11) is 0. The van der Waals surface area contributed by atoms with Gasteiger partial charge in [-0.3, -0.25) is 10.1 Å². The van der Waals surface area contributed by atoms with Crippen molar-refractivity contribution in [2.75, 3.05) is 23.7 Å². The molecule has 0 bridgehead atoms. The Kier molecular flexibility index (Phi) is 7.50. The predicted octanol–water partition coefficient (Wildman–Crippen LogP) is 5.02. The molecule has 1 unspecified atom stereocenters. The van der Waals surface area contributed by atoms with Gasteiger partial charge in [0.15, 0.2) is 5.60 Å². The van der Waals surface area contributed by atoms with Gasteiger partial charge in [-0.15, -0.1) is 0 Å². The normalized spacial score (nSPS) is 18.4. The zero-order valence-electron chi connectivity index (χ0n) is 20.5. The van der Waals surface area contributed by atoms with Crippen LogP contribution < -0.4 is 16.0 Å². The third kappa shape index (κ3) is 5.64. The maximum absolute atomic E-state index is 13.9. The number of benzene rings is 2. The Morgan fingerprint density at radius 2 is 1.77 bits per heavy atom. The van der Waals surface area contributed by atoms with Crippen molar-refractivity contribution < 1.29 is 36.2 Å². The zero-order chi connectivity index (χ0) is 28.6. The summed E-state index contributed by atoms with van der Waals surface area (Å²) in [5, 5.41) is 32.6. The van der Waals surface area contributed by atoms with Crippen LogP contribution in [-0.2, 0) is 17.1 Å². The van der Waals surface area contributed by atoms with E-state index >= 15 is 0 Å². The number of nitriles is 1. The summed E-state index contributed by atoms with van der Waals surface area (Å²) in [6.07, 6.45) is -9.04. The lowest BCUT2D eigenvalue weighted by Gasteiger charge is -2.34. The van der Waals surface area contributed by atoms with E-state index in [-0.39, 0.29) is 29.0 Å². The lowest BCUT2D eigenvalue weighted by molar-refractivity contribution is -0.139. The number of nitrogens with zero attached hydrogens (tertiary/aromatic N) is 3. The van der Waals surface area contributed by atoms with Gasteiger partial charge in [0.1, 0.15) is 12.0 Å². The van der Waals surface area contributed by atoms with Crippen LogP contribution in [0.25, 0.3) is 10.9 Å². The zero-order valence-corrected chi connectivity index (χ0v) is 20.5. The molecule has 2 aromatic carbocycles. The first-order valence-electron chi connectivity index (χ1n) is 12.0. The quantitative estimate of drug-likeness (QED) is 0.338. The summed E-state index contributed by atoms with van der Waals surface area (Å²) >= 11 is 0. The molecule has 0 radical (unpaired) electrons. The molecule has 3 aromatic rings. The highest BCUT2D eigenvalue weighted by molar-refractivity contribution is 5.98. The molecule has 8 nitrogen and oxygen atoms in total. The Balaban J connectivity index is 1.78. The van der Waals surface area contributed by atoms with Gasteiger partial charge in [0.25, 0.3) is 5.91 Å². The van der Waals surface area contributed by atoms with Gasteiger partial charge in [0, 0.05) is 12.2 Å². The topological polar surface area (TPSA) is 115 Å². The second-order valence-corrected chi connectivity index (χ2v) is 9.31. The summed E-state index contributed by atoms with van der Waals surface area (Å²) in [6.45, 7) is 1.66. The van der Waals surface area contributed by atoms with E-state index in [1.54, 1.807) is 0 Å². The molecule has 4 rings (SSSR count). The van der Waals surface area contributed by atoms with Gasteiger partial charge in [-0.05, 0) is 56.6 Å². The molecule has 0 spiro atoms. The summed E-state index contributed by atoms with van der Waals surface area (Å²) in [6, 6.07) is 7.43. The number of rotatable bonds is 3. The smallest absolute Gasteiger partial charge is 0.377 e. The molecule has 1 amide bonds. The molecule has 39 heavy (non-hydrogen) atoms. The highest BCUT2D eigenvalue weighted by Gasteiger charge is 2.44. The van der Waals surface area contributed by atoms with Crippen molar-refractivity contribution in [2.45, 2.75) is 50.3 Å². The molecule has 1 aliphatic heterocycles. The number of aliphatic hydroxyl groups is 1. The number of carbonyl (C=O) groups excluding carboxylic acids is 1. The molecule has 1 aliphatic rings.